The van der Waals surface area contributed by atoms with Crippen LogP contribution in [0, 0.1) is 17.3 Å². The molecule has 194 valence electrons. The topological polar surface area (TPSA) is 72.8 Å². The molecule has 0 radical (unpaired) electrons. The third-order valence-corrected chi connectivity index (χ3v) is 9.09. The molecule has 0 amide bonds. The molecule has 35 heavy (non-hydrogen) atoms. The van der Waals surface area contributed by atoms with Gasteiger partial charge in [-0.3, -0.25) is 9.59 Å². The van der Waals surface area contributed by atoms with Gasteiger partial charge in [-0.2, -0.15) is 0 Å². The zero-order chi connectivity index (χ0) is 25.0. The predicted octanol–water partition coefficient (Wildman–Crippen LogP) is 6.49. The normalized spacial score (nSPS) is 31.3. The number of benzene rings is 1. The van der Waals surface area contributed by atoms with Gasteiger partial charge in [0.2, 0.25) is 0 Å². The number of unbranched alkanes of at least 4 members (excludes halogenated alkanes) is 4. The number of aliphatic hydroxyl groups is 1. The van der Waals surface area contributed by atoms with Crippen LogP contribution in [0.2, 0.25) is 0 Å². The van der Waals surface area contributed by atoms with Crippen LogP contribution in [-0.2, 0) is 20.7 Å². The Balaban J connectivity index is 1.42. The van der Waals surface area contributed by atoms with E-state index in [1.165, 1.54) is 11.1 Å². The lowest BCUT2D eigenvalue weighted by molar-refractivity contribution is -0.164. The maximum Gasteiger partial charge on any atom is 0.311 e. The second-order valence-electron chi connectivity index (χ2n) is 11.4. The number of esters is 2. The van der Waals surface area contributed by atoms with Gasteiger partial charge in [-0.1, -0.05) is 52.5 Å². The van der Waals surface area contributed by atoms with Crippen LogP contribution in [0.25, 0.3) is 0 Å². The van der Waals surface area contributed by atoms with E-state index in [0.717, 1.165) is 64.2 Å². The summed E-state index contributed by atoms with van der Waals surface area (Å²) in [5.74, 6) is 1.66. The van der Waals surface area contributed by atoms with E-state index in [9.17, 15) is 14.7 Å². The first-order valence-corrected chi connectivity index (χ1v) is 14.1. The number of fused-ring (bicyclic) bond motifs is 5. The highest BCUT2D eigenvalue weighted by atomic mass is 16.6. The summed E-state index contributed by atoms with van der Waals surface area (Å²) in [6.07, 6.45) is 10.7. The highest BCUT2D eigenvalue weighted by molar-refractivity contribution is 5.72. The van der Waals surface area contributed by atoms with Crippen molar-refractivity contribution in [2.75, 3.05) is 0 Å². The molecule has 0 heterocycles. The Bertz CT molecular complexity index is 895. The lowest BCUT2D eigenvalue weighted by Crippen LogP contribution is -2.46. The van der Waals surface area contributed by atoms with E-state index >= 15 is 0 Å². The number of ether oxygens (including phenoxy) is 2. The molecule has 0 aliphatic heterocycles. The number of aryl methyl sites for hydroxylation is 1. The summed E-state index contributed by atoms with van der Waals surface area (Å²) in [6, 6.07) is 6.19. The molecular formula is C30H44O5. The van der Waals surface area contributed by atoms with Crippen molar-refractivity contribution in [2.24, 2.45) is 17.3 Å². The first-order valence-electron chi connectivity index (χ1n) is 14.1. The van der Waals surface area contributed by atoms with Gasteiger partial charge in [0.25, 0.3) is 0 Å². The largest absolute Gasteiger partial charge is 0.459 e. The van der Waals surface area contributed by atoms with Crippen molar-refractivity contribution in [3.63, 3.8) is 0 Å². The van der Waals surface area contributed by atoms with Crippen LogP contribution >= 0.6 is 0 Å². The van der Waals surface area contributed by atoms with Crippen molar-refractivity contribution in [1.29, 1.82) is 0 Å². The molecule has 1 aromatic carbocycles. The van der Waals surface area contributed by atoms with Gasteiger partial charge in [0, 0.05) is 18.3 Å². The summed E-state index contributed by atoms with van der Waals surface area (Å²) in [4.78, 5) is 24.7. The molecule has 1 N–H and O–H groups in total. The molecule has 5 heteroatoms. The van der Waals surface area contributed by atoms with E-state index in [2.05, 4.69) is 32.9 Å². The summed E-state index contributed by atoms with van der Waals surface area (Å²) < 4.78 is 11.6. The zero-order valence-corrected chi connectivity index (χ0v) is 21.9. The summed E-state index contributed by atoms with van der Waals surface area (Å²) in [6.45, 7) is 6.49. The van der Waals surface area contributed by atoms with Gasteiger partial charge in [-0.25, -0.2) is 0 Å². The average molecular weight is 485 g/mol. The lowest BCUT2D eigenvalue weighted by Gasteiger charge is -2.50. The number of rotatable bonds is 10. The lowest BCUT2D eigenvalue weighted by atomic mass is 9.55. The molecule has 0 saturated heterocycles. The zero-order valence-electron chi connectivity index (χ0n) is 21.9. The monoisotopic (exact) mass is 484 g/mol. The van der Waals surface area contributed by atoms with E-state index in [0.29, 0.717) is 42.8 Å². The highest BCUT2D eigenvalue weighted by Gasteiger charge is 2.59. The third kappa shape index (κ3) is 5.60. The number of hydrogen-bond donors (Lipinski definition) is 1. The summed E-state index contributed by atoms with van der Waals surface area (Å²) in [5.41, 5.74) is 2.52. The Kier molecular flexibility index (Phi) is 8.57. The van der Waals surface area contributed by atoms with Crippen molar-refractivity contribution in [3.8, 4) is 5.75 Å². The summed E-state index contributed by atoms with van der Waals surface area (Å²) >= 11 is 0. The smallest absolute Gasteiger partial charge is 0.311 e. The average Bonchev–Trinajstić information content (AvgIpc) is 3.09. The van der Waals surface area contributed by atoms with Crippen LogP contribution in [0.15, 0.2) is 18.2 Å². The SMILES string of the molecule is CCCCCC(=O)Oc1ccc2c(c1)CC[C@@H]1[C@@H]2CC[C@]2(C)C(OC(=O)CCCCC)C(O)C[C@@H]12. The number of carbonyl (C=O) groups is 2. The van der Waals surface area contributed by atoms with Crippen LogP contribution in [0.4, 0.5) is 0 Å². The second-order valence-corrected chi connectivity index (χ2v) is 11.4. The Hall–Kier alpha value is -1.88. The van der Waals surface area contributed by atoms with Crippen molar-refractivity contribution in [1.82, 2.24) is 0 Å². The fraction of sp³-hybridized carbons (Fsp3) is 0.733. The third-order valence-electron chi connectivity index (χ3n) is 9.09. The molecule has 3 aliphatic carbocycles. The summed E-state index contributed by atoms with van der Waals surface area (Å²) in [7, 11) is 0. The molecule has 0 bridgehead atoms. The Morgan fingerprint density at radius 1 is 1.03 bits per heavy atom. The second kappa shape index (κ2) is 11.5. The van der Waals surface area contributed by atoms with E-state index in [1.54, 1.807) is 0 Å². The van der Waals surface area contributed by atoms with Gasteiger partial charge in [0.15, 0.2) is 0 Å². The van der Waals surface area contributed by atoms with E-state index in [-0.39, 0.29) is 17.4 Å². The molecule has 5 nitrogen and oxygen atoms in total. The molecule has 4 rings (SSSR count). The van der Waals surface area contributed by atoms with E-state index in [1.807, 2.05) is 6.07 Å². The standard InChI is InChI=1S/C30H44O5/c1-4-6-8-10-27(32)34-21-13-15-22-20(18-21)12-14-24-23(22)16-17-30(3)25(24)19-26(31)29(30)35-28(33)11-9-7-5-2/h13,15,18,23-26,29,31H,4-12,14,16-17,19H2,1-3H3/t23-,24-,25+,26?,29?,30+/m1/s1. The van der Waals surface area contributed by atoms with Crippen LogP contribution in [-0.4, -0.2) is 29.3 Å². The van der Waals surface area contributed by atoms with Gasteiger partial charge in [-0.05, 0) is 86.0 Å². The van der Waals surface area contributed by atoms with Gasteiger partial charge < -0.3 is 14.6 Å². The van der Waals surface area contributed by atoms with E-state index in [4.69, 9.17) is 9.47 Å². The first-order chi connectivity index (χ1) is 16.9. The fourth-order valence-corrected chi connectivity index (χ4v) is 7.23. The molecule has 2 unspecified atom stereocenters. The quantitative estimate of drug-likeness (QED) is 0.233. The van der Waals surface area contributed by atoms with Crippen molar-refractivity contribution >= 4 is 11.9 Å². The van der Waals surface area contributed by atoms with Crippen LogP contribution < -0.4 is 4.74 Å². The first kappa shape index (κ1) is 26.2. The van der Waals surface area contributed by atoms with Crippen molar-refractivity contribution in [3.05, 3.63) is 29.3 Å². The summed E-state index contributed by atoms with van der Waals surface area (Å²) in [5, 5.41) is 11.0. The van der Waals surface area contributed by atoms with E-state index < -0.39 is 12.2 Å². The minimum atomic E-state index is -0.574. The maximum atomic E-state index is 12.5. The van der Waals surface area contributed by atoms with Crippen LogP contribution in [0.3, 0.4) is 0 Å². The number of carbonyl (C=O) groups excluding carboxylic acids is 2. The minimum absolute atomic E-state index is 0.143. The molecule has 2 fully saturated rings. The minimum Gasteiger partial charge on any atom is -0.459 e. The Morgan fingerprint density at radius 2 is 1.74 bits per heavy atom. The predicted molar refractivity (Wildman–Crippen MR) is 136 cm³/mol. The van der Waals surface area contributed by atoms with Gasteiger partial charge >= 0.3 is 11.9 Å². The molecule has 1 aromatic rings. The van der Waals surface area contributed by atoms with Gasteiger partial charge in [0.1, 0.15) is 11.9 Å². The molecule has 6 atom stereocenters. The number of hydrogen-bond acceptors (Lipinski definition) is 5. The number of aliphatic hydroxyl groups excluding tert-OH is 1. The molecule has 0 spiro atoms. The molecule has 0 aromatic heterocycles. The Labute approximate surface area is 211 Å². The van der Waals surface area contributed by atoms with Gasteiger partial charge in [0.05, 0.1) is 6.10 Å². The van der Waals surface area contributed by atoms with Gasteiger partial charge in [-0.15, -0.1) is 0 Å². The Morgan fingerprint density at radius 3 is 2.46 bits per heavy atom. The molecular weight excluding hydrogens is 440 g/mol. The van der Waals surface area contributed by atoms with Crippen molar-refractivity contribution < 1.29 is 24.2 Å². The maximum absolute atomic E-state index is 12.5. The molecule has 3 aliphatic rings. The van der Waals surface area contributed by atoms with Crippen LogP contribution in [0.1, 0.15) is 115 Å². The van der Waals surface area contributed by atoms with Crippen molar-refractivity contribution in [2.45, 2.75) is 122 Å². The van der Waals surface area contributed by atoms with Crippen LogP contribution in [0.5, 0.6) is 5.75 Å². The fourth-order valence-electron chi connectivity index (χ4n) is 7.23. The highest BCUT2D eigenvalue weighted by Crippen LogP contribution is 2.61. The molecule has 2 saturated carbocycles.